The minimum Gasteiger partial charge on any atom is -0.317 e. The average molecular weight is 115 g/mol. The number of rotatable bonds is 0. The largest absolute Gasteiger partial charge is 0.317 e. The second kappa shape index (κ2) is 2.06. The summed E-state index contributed by atoms with van der Waals surface area (Å²) < 4.78 is 0. The molecule has 1 aliphatic rings. The van der Waals surface area contributed by atoms with Gasteiger partial charge in [0.2, 0.25) is 0 Å². The molecule has 1 heteroatoms. The third kappa shape index (κ3) is 1.48. The molecule has 0 atom stereocenters. The monoisotopic (exact) mass is 115 g/mol. The average Bonchev–Trinajstić information content (AvgIpc) is 1.65. The lowest BCUT2D eigenvalue weighted by Gasteiger charge is -2.29. The number of hydrogen-bond acceptors (Lipinski definition) is 1. The van der Waals surface area contributed by atoms with Crippen LogP contribution < -0.4 is 5.32 Å². The fourth-order valence-electron chi connectivity index (χ4n) is 1.10. The van der Waals surface area contributed by atoms with Gasteiger partial charge in [-0.1, -0.05) is 13.8 Å². The molecule has 0 aromatic heterocycles. The summed E-state index contributed by atoms with van der Waals surface area (Å²) in [6.45, 7) is 7.11. The quantitative estimate of drug-likeness (QED) is 0.506. The first-order valence-electron chi connectivity index (χ1n) is 3.41. The molecule has 0 saturated carbocycles. The fraction of sp³-hybridized carbons (Fsp3) is 1.00. The zero-order chi connectivity index (χ0) is 6.04. The molecule has 0 spiro atoms. The van der Waals surface area contributed by atoms with Crippen LogP contribution in [0.2, 0.25) is 0 Å². The molecule has 1 aliphatic heterocycles. The van der Waals surface area contributed by atoms with Crippen molar-refractivity contribution in [2.24, 2.45) is 5.41 Å². The molecule has 0 unspecified atom stereocenters. The third-order valence-corrected chi connectivity index (χ3v) is 1.96. The van der Waals surface area contributed by atoms with Crippen molar-refractivity contribution in [1.29, 1.82) is 0 Å². The van der Waals surface area contributed by atoms with Crippen LogP contribution in [0, 0.1) is 5.41 Å². The first-order valence-corrected chi connectivity index (χ1v) is 3.41. The summed E-state index contributed by atoms with van der Waals surface area (Å²) >= 11 is 0. The van der Waals surface area contributed by atoms with Crippen LogP contribution in [-0.4, -0.2) is 13.1 Å². The van der Waals surface area contributed by atoms with Gasteiger partial charge in [0.15, 0.2) is 0 Å². The maximum atomic E-state index is 3.34. The Kier molecular flexibility index (Phi) is 1.57. The molecular formula is C7H17N. The SMILES string of the molecule is CC1(C)CCNCC1.[HH]. The Morgan fingerprint density at radius 3 is 2.00 bits per heavy atom. The van der Waals surface area contributed by atoms with Gasteiger partial charge in [-0.05, 0) is 31.3 Å². The highest BCUT2D eigenvalue weighted by Gasteiger charge is 2.19. The lowest BCUT2D eigenvalue weighted by atomic mass is 9.83. The van der Waals surface area contributed by atoms with Gasteiger partial charge in [0.05, 0.1) is 0 Å². The second-order valence-electron chi connectivity index (χ2n) is 3.41. The molecule has 0 aromatic carbocycles. The van der Waals surface area contributed by atoms with Crippen LogP contribution in [0.3, 0.4) is 0 Å². The van der Waals surface area contributed by atoms with Crippen molar-refractivity contribution in [2.45, 2.75) is 26.7 Å². The molecule has 0 aliphatic carbocycles. The molecule has 8 heavy (non-hydrogen) atoms. The smallest absolute Gasteiger partial charge is 0 e. The van der Waals surface area contributed by atoms with Crippen LogP contribution in [0.4, 0.5) is 0 Å². The van der Waals surface area contributed by atoms with E-state index in [1.807, 2.05) is 0 Å². The van der Waals surface area contributed by atoms with E-state index >= 15 is 0 Å². The Labute approximate surface area is 53.0 Å². The highest BCUT2D eigenvalue weighted by molar-refractivity contribution is 4.75. The van der Waals surface area contributed by atoms with Crippen LogP contribution in [0.15, 0.2) is 0 Å². The zero-order valence-corrected chi connectivity index (χ0v) is 5.83. The van der Waals surface area contributed by atoms with Crippen molar-refractivity contribution in [2.75, 3.05) is 13.1 Å². The van der Waals surface area contributed by atoms with Crippen molar-refractivity contribution < 1.29 is 1.43 Å². The number of nitrogens with one attached hydrogen (secondary N) is 1. The summed E-state index contributed by atoms with van der Waals surface area (Å²) in [6, 6.07) is 0. The standard InChI is InChI=1S/C7H15N.H2/c1-7(2)3-5-8-6-4-7;/h8H,3-6H2,1-2H3;1H. The van der Waals surface area contributed by atoms with E-state index < -0.39 is 0 Å². The van der Waals surface area contributed by atoms with E-state index in [4.69, 9.17) is 0 Å². The van der Waals surface area contributed by atoms with Crippen molar-refractivity contribution >= 4 is 0 Å². The molecule has 50 valence electrons. The molecule has 1 rings (SSSR count). The predicted octanol–water partition coefficient (Wildman–Crippen LogP) is 1.64. The van der Waals surface area contributed by atoms with Crippen molar-refractivity contribution in [3.05, 3.63) is 0 Å². The van der Waals surface area contributed by atoms with Crippen LogP contribution in [-0.2, 0) is 0 Å². The van der Waals surface area contributed by atoms with E-state index in [0.717, 1.165) is 0 Å². The topological polar surface area (TPSA) is 12.0 Å². The molecule has 0 aromatic rings. The van der Waals surface area contributed by atoms with E-state index in [1.54, 1.807) is 0 Å². The van der Waals surface area contributed by atoms with Crippen molar-refractivity contribution in [1.82, 2.24) is 5.32 Å². The van der Waals surface area contributed by atoms with E-state index in [0.29, 0.717) is 5.41 Å². The Morgan fingerprint density at radius 1 is 1.25 bits per heavy atom. The molecule has 0 radical (unpaired) electrons. The summed E-state index contributed by atoms with van der Waals surface area (Å²) in [7, 11) is 0. The maximum absolute atomic E-state index is 3.34. The molecule has 1 fully saturated rings. The van der Waals surface area contributed by atoms with Crippen LogP contribution in [0.5, 0.6) is 0 Å². The molecular weight excluding hydrogens is 98.1 g/mol. The van der Waals surface area contributed by atoms with Gasteiger partial charge in [-0.15, -0.1) is 0 Å². The van der Waals surface area contributed by atoms with E-state index in [1.165, 1.54) is 25.9 Å². The Morgan fingerprint density at radius 2 is 1.75 bits per heavy atom. The van der Waals surface area contributed by atoms with Gasteiger partial charge in [-0.2, -0.15) is 0 Å². The van der Waals surface area contributed by atoms with Gasteiger partial charge in [0.1, 0.15) is 0 Å². The highest BCUT2D eigenvalue weighted by Crippen LogP contribution is 2.25. The van der Waals surface area contributed by atoms with E-state index in [2.05, 4.69) is 19.2 Å². The lowest BCUT2D eigenvalue weighted by molar-refractivity contribution is 0.259. The summed E-state index contributed by atoms with van der Waals surface area (Å²) in [5.41, 5.74) is 0.616. The first kappa shape index (κ1) is 6.09. The molecule has 1 N–H and O–H groups in total. The normalized spacial score (nSPS) is 27.8. The Bertz CT molecular complexity index is 73.0. The predicted molar refractivity (Wildman–Crippen MR) is 38.0 cm³/mol. The maximum Gasteiger partial charge on any atom is 0 e. The van der Waals surface area contributed by atoms with Crippen LogP contribution in [0.1, 0.15) is 28.1 Å². The van der Waals surface area contributed by atoms with Gasteiger partial charge in [-0.25, -0.2) is 0 Å². The summed E-state index contributed by atoms with van der Waals surface area (Å²) in [5, 5.41) is 3.34. The molecule has 0 amide bonds. The molecule has 1 saturated heterocycles. The van der Waals surface area contributed by atoms with Gasteiger partial charge in [-0.3, -0.25) is 0 Å². The van der Waals surface area contributed by atoms with Crippen molar-refractivity contribution in [3.8, 4) is 0 Å². The molecule has 1 heterocycles. The summed E-state index contributed by atoms with van der Waals surface area (Å²) in [6.07, 6.45) is 2.68. The number of piperidine rings is 1. The Balaban J connectivity index is 0.000000640. The van der Waals surface area contributed by atoms with Crippen LogP contribution >= 0.6 is 0 Å². The van der Waals surface area contributed by atoms with Gasteiger partial charge in [0.25, 0.3) is 0 Å². The third-order valence-electron chi connectivity index (χ3n) is 1.96. The number of hydrogen-bond donors (Lipinski definition) is 1. The Hall–Kier alpha value is -0.0400. The minimum atomic E-state index is 0. The van der Waals surface area contributed by atoms with Crippen molar-refractivity contribution in [3.63, 3.8) is 0 Å². The van der Waals surface area contributed by atoms with Crippen LogP contribution in [0.25, 0.3) is 0 Å². The summed E-state index contributed by atoms with van der Waals surface area (Å²) in [5.74, 6) is 0. The lowest BCUT2D eigenvalue weighted by Crippen LogP contribution is -2.32. The zero-order valence-electron chi connectivity index (χ0n) is 5.83. The molecule has 0 bridgehead atoms. The van der Waals surface area contributed by atoms with E-state index in [-0.39, 0.29) is 1.43 Å². The second-order valence-corrected chi connectivity index (χ2v) is 3.41. The minimum absolute atomic E-state index is 0. The molecule has 1 nitrogen and oxygen atoms in total. The highest BCUT2D eigenvalue weighted by atomic mass is 14.9. The van der Waals surface area contributed by atoms with E-state index in [9.17, 15) is 0 Å². The van der Waals surface area contributed by atoms with Gasteiger partial charge >= 0.3 is 0 Å². The summed E-state index contributed by atoms with van der Waals surface area (Å²) in [4.78, 5) is 0. The first-order chi connectivity index (χ1) is 3.71. The fourth-order valence-corrected chi connectivity index (χ4v) is 1.10. The van der Waals surface area contributed by atoms with Gasteiger partial charge in [0, 0.05) is 1.43 Å². The van der Waals surface area contributed by atoms with Gasteiger partial charge < -0.3 is 5.32 Å².